The molecule has 2 aromatic carbocycles. The summed E-state index contributed by atoms with van der Waals surface area (Å²) in [7, 11) is 1.63. The number of amides is 1. The molecule has 0 saturated carbocycles. The molecule has 2 saturated heterocycles. The van der Waals surface area contributed by atoms with Crippen molar-refractivity contribution in [1.82, 2.24) is 14.7 Å². The molecule has 0 radical (unpaired) electrons. The number of methoxy groups -OCH3 is 1. The van der Waals surface area contributed by atoms with Crippen molar-refractivity contribution in [2.45, 2.75) is 32.0 Å². The number of carbonyl (C=O) groups excluding carboxylic acids is 2. The number of fused-ring (bicyclic) bond motifs is 1. The third kappa shape index (κ3) is 6.31. The van der Waals surface area contributed by atoms with Gasteiger partial charge in [0, 0.05) is 45.8 Å². The zero-order valence-electron chi connectivity index (χ0n) is 21.8. The average Bonchev–Trinajstić information content (AvgIpc) is 3.63. The lowest BCUT2D eigenvalue weighted by Crippen LogP contribution is -2.47. The third-order valence-electron chi connectivity index (χ3n) is 7.21. The van der Waals surface area contributed by atoms with Crippen LogP contribution in [0.2, 0.25) is 0 Å². The highest BCUT2D eigenvalue weighted by Gasteiger charge is 2.36. The molecule has 10 nitrogen and oxygen atoms in total. The average molecular weight is 526 g/mol. The Hall–Kier alpha value is -3.50. The van der Waals surface area contributed by atoms with E-state index in [2.05, 4.69) is 9.80 Å². The lowest BCUT2D eigenvalue weighted by molar-refractivity contribution is -0.149. The Labute approximate surface area is 222 Å². The van der Waals surface area contributed by atoms with E-state index in [1.54, 1.807) is 7.11 Å². The van der Waals surface area contributed by atoms with Crippen LogP contribution in [-0.2, 0) is 27.4 Å². The van der Waals surface area contributed by atoms with Crippen molar-refractivity contribution in [1.29, 1.82) is 0 Å². The molecule has 3 aliphatic rings. The number of hydrogen-bond acceptors (Lipinski definition) is 9. The van der Waals surface area contributed by atoms with Crippen molar-refractivity contribution in [3.8, 4) is 17.2 Å². The number of likely N-dealkylation sites (tertiary alicyclic amines) is 1. The van der Waals surface area contributed by atoms with Gasteiger partial charge in [-0.3, -0.25) is 14.7 Å². The van der Waals surface area contributed by atoms with Crippen LogP contribution >= 0.6 is 0 Å². The minimum Gasteiger partial charge on any atom is -0.493 e. The van der Waals surface area contributed by atoms with E-state index in [4.69, 9.17) is 23.7 Å². The molecule has 10 heteroatoms. The van der Waals surface area contributed by atoms with Gasteiger partial charge in [-0.05, 0) is 36.1 Å². The minimum atomic E-state index is -0.579. The first-order valence-electron chi connectivity index (χ1n) is 13.2. The van der Waals surface area contributed by atoms with Crippen LogP contribution in [0.1, 0.15) is 24.0 Å². The number of piperazine rings is 1. The van der Waals surface area contributed by atoms with Gasteiger partial charge in [0.1, 0.15) is 19.3 Å². The lowest BCUT2D eigenvalue weighted by Gasteiger charge is -2.34. The second-order valence-corrected chi connectivity index (χ2v) is 9.71. The topological polar surface area (TPSA) is 90.0 Å². The van der Waals surface area contributed by atoms with E-state index in [9.17, 15) is 9.59 Å². The predicted octanol–water partition coefficient (Wildman–Crippen LogP) is 2.89. The van der Waals surface area contributed by atoms with Crippen LogP contribution in [0.5, 0.6) is 17.2 Å². The van der Waals surface area contributed by atoms with Gasteiger partial charge in [0.05, 0.1) is 7.11 Å². The SMILES string of the molecule is COc1cc(CN2CCN(CCOC(=O)N3CCCC3C(=O)OCc3ccccc3)CC2)cc2c1OCO2. The predicted molar refractivity (Wildman–Crippen MR) is 138 cm³/mol. The minimum absolute atomic E-state index is 0.202. The van der Waals surface area contributed by atoms with Gasteiger partial charge in [-0.15, -0.1) is 0 Å². The van der Waals surface area contributed by atoms with Gasteiger partial charge in [-0.1, -0.05) is 30.3 Å². The molecule has 0 aromatic heterocycles. The molecule has 1 unspecified atom stereocenters. The van der Waals surface area contributed by atoms with E-state index in [0.29, 0.717) is 37.6 Å². The standard InChI is InChI=1S/C28H35N3O7/c1-34-24-16-22(17-25-26(24)38-20-37-25)18-30-12-10-29(11-13-30)14-15-35-28(33)31-9-5-8-23(31)27(32)36-19-21-6-3-2-4-7-21/h2-4,6-7,16-17,23H,5,8-15,18-20H2,1H3. The van der Waals surface area contributed by atoms with Gasteiger partial charge >= 0.3 is 12.1 Å². The third-order valence-corrected chi connectivity index (χ3v) is 7.21. The van der Waals surface area contributed by atoms with Crippen molar-refractivity contribution >= 4 is 12.1 Å². The summed E-state index contributed by atoms with van der Waals surface area (Å²) in [6, 6.07) is 13.0. The first-order valence-corrected chi connectivity index (χ1v) is 13.2. The molecule has 0 N–H and O–H groups in total. The molecule has 0 bridgehead atoms. The van der Waals surface area contributed by atoms with E-state index >= 15 is 0 Å². The van der Waals surface area contributed by atoms with Crippen LogP contribution in [0.15, 0.2) is 42.5 Å². The molecule has 38 heavy (non-hydrogen) atoms. The lowest BCUT2D eigenvalue weighted by atomic mass is 10.1. The number of hydrogen-bond donors (Lipinski definition) is 0. The Morgan fingerprint density at radius 2 is 1.74 bits per heavy atom. The van der Waals surface area contributed by atoms with Gasteiger partial charge in [-0.25, -0.2) is 9.59 Å². The molecule has 2 aromatic rings. The van der Waals surface area contributed by atoms with Gasteiger partial charge in [-0.2, -0.15) is 0 Å². The molecular formula is C28H35N3O7. The highest BCUT2D eigenvalue weighted by atomic mass is 16.7. The van der Waals surface area contributed by atoms with E-state index in [1.807, 2.05) is 42.5 Å². The molecule has 2 fully saturated rings. The van der Waals surface area contributed by atoms with Crippen molar-refractivity contribution in [2.24, 2.45) is 0 Å². The highest BCUT2D eigenvalue weighted by molar-refractivity contribution is 5.82. The fourth-order valence-electron chi connectivity index (χ4n) is 5.10. The van der Waals surface area contributed by atoms with Gasteiger partial charge in [0.25, 0.3) is 0 Å². The second kappa shape index (κ2) is 12.4. The van der Waals surface area contributed by atoms with Crippen LogP contribution in [0.25, 0.3) is 0 Å². The van der Waals surface area contributed by atoms with E-state index in [-0.39, 0.29) is 19.4 Å². The summed E-state index contributed by atoms with van der Waals surface area (Å²) >= 11 is 0. The number of carbonyl (C=O) groups is 2. The van der Waals surface area contributed by atoms with Crippen LogP contribution in [0.3, 0.4) is 0 Å². The zero-order chi connectivity index (χ0) is 26.3. The molecule has 204 valence electrons. The maximum absolute atomic E-state index is 12.7. The second-order valence-electron chi connectivity index (χ2n) is 9.71. The Kier molecular flexibility index (Phi) is 8.50. The van der Waals surface area contributed by atoms with E-state index < -0.39 is 12.1 Å². The summed E-state index contributed by atoms with van der Waals surface area (Å²) < 4.78 is 27.5. The first kappa shape index (κ1) is 26.1. The molecule has 3 heterocycles. The maximum atomic E-state index is 12.7. The Balaban J connectivity index is 1.02. The number of ether oxygens (including phenoxy) is 5. The zero-order valence-corrected chi connectivity index (χ0v) is 21.8. The molecule has 1 amide bonds. The van der Waals surface area contributed by atoms with Crippen LogP contribution in [0, 0.1) is 0 Å². The highest BCUT2D eigenvalue weighted by Crippen LogP contribution is 2.42. The largest absolute Gasteiger partial charge is 0.493 e. The monoisotopic (exact) mass is 525 g/mol. The molecule has 0 spiro atoms. The summed E-state index contributed by atoms with van der Waals surface area (Å²) in [6.45, 7) is 6.27. The van der Waals surface area contributed by atoms with Crippen molar-refractivity contribution in [2.75, 3.05) is 59.8 Å². The van der Waals surface area contributed by atoms with Crippen molar-refractivity contribution < 1.29 is 33.3 Å². The first-order chi connectivity index (χ1) is 18.6. The number of benzene rings is 2. The van der Waals surface area contributed by atoms with Gasteiger partial charge in [0.2, 0.25) is 12.5 Å². The molecule has 3 aliphatic heterocycles. The van der Waals surface area contributed by atoms with Crippen LogP contribution in [0.4, 0.5) is 4.79 Å². The maximum Gasteiger partial charge on any atom is 0.410 e. The van der Waals surface area contributed by atoms with Crippen molar-refractivity contribution in [3.63, 3.8) is 0 Å². The van der Waals surface area contributed by atoms with Gasteiger partial charge in [0.15, 0.2) is 11.5 Å². The molecule has 1 atom stereocenters. The quantitative estimate of drug-likeness (QED) is 0.459. The molecule has 5 rings (SSSR count). The van der Waals surface area contributed by atoms with E-state index in [1.165, 1.54) is 4.90 Å². The fourth-order valence-corrected chi connectivity index (χ4v) is 5.10. The Bertz CT molecular complexity index is 1110. The number of rotatable bonds is 9. The number of nitrogens with zero attached hydrogens (tertiary/aromatic N) is 3. The summed E-state index contributed by atoms with van der Waals surface area (Å²) in [6.07, 6.45) is 0.914. The smallest absolute Gasteiger partial charge is 0.410 e. The van der Waals surface area contributed by atoms with Gasteiger partial charge < -0.3 is 23.7 Å². The van der Waals surface area contributed by atoms with Crippen LogP contribution in [-0.4, -0.2) is 92.6 Å². The summed E-state index contributed by atoms with van der Waals surface area (Å²) in [4.78, 5) is 31.5. The van der Waals surface area contributed by atoms with E-state index in [0.717, 1.165) is 56.0 Å². The number of esters is 1. The summed E-state index contributed by atoms with van der Waals surface area (Å²) in [5.41, 5.74) is 2.04. The molecular weight excluding hydrogens is 490 g/mol. The van der Waals surface area contributed by atoms with Crippen LogP contribution < -0.4 is 14.2 Å². The Morgan fingerprint density at radius 1 is 0.947 bits per heavy atom. The normalized spacial score (nSPS) is 19.4. The molecule has 0 aliphatic carbocycles. The summed E-state index contributed by atoms with van der Waals surface area (Å²) in [5, 5.41) is 0. The fraction of sp³-hybridized carbons (Fsp3) is 0.500. The summed E-state index contributed by atoms with van der Waals surface area (Å²) in [5.74, 6) is 1.71. The Morgan fingerprint density at radius 3 is 2.53 bits per heavy atom. The van der Waals surface area contributed by atoms with Crippen molar-refractivity contribution in [3.05, 3.63) is 53.6 Å².